The number of rotatable bonds is 6. The molecule has 124 valence electrons. The monoisotopic (exact) mass is 339 g/mol. The van der Waals surface area contributed by atoms with Crippen molar-refractivity contribution in [1.29, 1.82) is 0 Å². The van der Waals surface area contributed by atoms with E-state index in [4.69, 9.17) is 4.42 Å². The molecule has 3 aromatic rings. The van der Waals surface area contributed by atoms with E-state index in [1.807, 2.05) is 36.1 Å². The van der Waals surface area contributed by atoms with Crippen LogP contribution in [0, 0.1) is 13.8 Å². The molecule has 1 aromatic carbocycles. The van der Waals surface area contributed by atoms with Crippen molar-refractivity contribution in [3.63, 3.8) is 0 Å². The molecule has 0 spiro atoms. The second-order valence-corrected chi connectivity index (χ2v) is 7.28. The Balaban J connectivity index is 1.77. The molecule has 0 bridgehead atoms. The predicted octanol–water partition coefficient (Wildman–Crippen LogP) is 4.84. The van der Waals surface area contributed by atoms with E-state index in [-0.39, 0.29) is 5.91 Å². The Kier molecular flexibility index (Phi) is 5.16. The SMILES string of the molecule is Cc1ccc(CN(CCc2ccccc2)C(=O)c2occc2C)s1. The van der Waals surface area contributed by atoms with E-state index >= 15 is 0 Å². The van der Waals surface area contributed by atoms with Crippen molar-refractivity contribution in [3.05, 3.63) is 81.4 Å². The summed E-state index contributed by atoms with van der Waals surface area (Å²) >= 11 is 1.73. The topological polar surface area (TPSA) is 33.5 Å². The highest BCUT2D eigenvalue weighted by atomic mass is 32.1. The number of hydrogen-bond acceptors (Lipinski definition) is 3. The lowest BCUT2D eigenvalue weighted by atomic mass is 10.1. The van der Waals surface area contributed by atoms with Crippen molar-refractivity contribution < 1.29 is 9.21 Å². The van der Waals surface area contributed by atoms with Gasteiger partial charge in [-0.2, -0.15) is 0 Å². The maximum Gasteiger partial charge on any atom is 0.290 e. The van der Waals surface area contributed by atoms with Crippen molar-refractivity contribution in [1.82, 2.24) is 4.90 Å². The van der Waals surface area contributed by atoms with Gasteiger partial charge in [0.25, 0.3) is 5.91 Å². The lowest BCUT2D eigenvalue weighted by molar-refractivity contribution is 0.0713. The van der Waals surface area contributed by atoms with Gasteiger partial charge in [0.1, 0.15) is 0 Å². The Bertz CT molecular complexity index is 804. The van der Waals surface area contributed by atoms with Crippen LogP contribution < -0.4 is 0 Å². The fraction of sp³-hybridized carbons (Fsp3) is 0.250. The quantitative estimate of drug-likeness (QED) is 0.643. The van der Waals surface area contributed by atoms with Gasteiger partial charge >= 0.3 is 0 Å². The number of benzene rings is 1. The molecule has 0 aliphatic rings. The molecule has 0 aliphatic carbocycles. The summed E-state index contributed by atoms with van der Waals surface area (Å²) in [6.45, 7) is 5.27. The largest absolute Gasteiger partial charge is 0.459 e. The zero-order valence-corrected chi connectivity index (χ0v) is 14.8. The summed E-state index contributed by atoms with van der Waals surface area (Å²) in [5.74, 6) is 0.399. The van der Waals surface area contributed by atoms with E-state index < -0.39 is 0 Å². The fourth-order valence-electron chi connectivity index (χ4n) is 2.65. The molecule has 3 rings (SSSR count). The number of nitrogens with zero attached hydrogens (tertiary/aromatic N) is 1. The van der Waals surface area contributed by atoms with E-state index in [0.717, 1.165) is 12.0 Å². The Labute approximate surface area is 146 Å². The van der Waals surface area contributed by atoms with Gasteiger partial charge in [0.15, 0.2) is 5.76 Å². The average Bonchev–Trinajstić information content (AvgIpc) is 3.20. The second kappa shape index (κ2) is 7.49. The fourth-order valence-corrected chi connectivity index (χ4v) is 3.56. The lowest BCUT2D eigenvalue weighted by Gasteiger charge is -2.21. The zero-order chi connectivity index (χ0) is 16.9. The molecule has 0 N–H and O–H groups in total. The number of hydrogen-bond donors (Lipinski definition) is 0. The standard InChI is InChI=1S/C20H21NO2S/c1-15-11-13-23-19(15)20(22)21(14-18-9-8-16(2)24-18)12-10-17-6-4-3-5-7-17/h3-9,11,13H,10,12,14H2,1-2H3. The second-order valence-electron chi connectivity index (χ2n) is 5.91. The molecular formula is C20H21NO2S. The lowest BCUT2D eigenvalue weighted by Crippen LogP contribution is -2.32. The molecule has 2 heterocycles. The first-order valence-electron chi connectivity index (χ1n) is 8.06. The minimum Gasteiger partial charge on any atom is -0.459 e. The van der Waals surface area contributed by atoms with Gasteiger partial charge in [0.05, 0.1) is 12.8 Å². The summed E-state index contributed by atoms with van der Waals surface area (Å²) < 4.78 is 5.41. The van der Waals surface area contributed by atoms with Crippen LogP contribution >= 0.6 is 11.3 Å². The third-order valence-electron chi connectivity index (χ3n) is 4.00. The molecule has 0 aliphatic heterocycles. The molecule has 1 amide bonds. The van der Waals surface area contributed by atoms with E-state index in [9.17, 15) is 4.79 Å². The first-order chi connectivity index (χ1) is 11.6. The Hall–Kier alpha value is -2.33. The molecule has 4 heteroatoms. The maximum absolute atomic E-state index is 12.9. The average molecular weight is 339 g/mol. The van der Waals surface area contributed by atoms with Crippen molar-refractivity contribution in [2.45, 2.75) is 26.8 Å². The number of carbonyl (C=O) groups excluding carboxylic acids is 1. The van der Waals surface area contributed by atoms with Crippen LogP contribution in [0.4, 0.5) is 0 Å². The molecule has 24 heavy (non-hydrogen) atoms. The summed E-state index contributed by atoms with van der Waals surface area (Å²) in [4.78, 5) is 17.2. The van der Waals surface area contributed by atoms with Crippen molar-refractivity contribution in [2.24, 2.45) is 0 Å². The van der Waals surface area contributed by atoms with Gasteiger partial charge in [-0.05, 0) is 44.0 Å². The van der Waals surface area contributed by atoms with Crippen molar-refractivity contribution in [2.75, 3.05) is 6.54 Å². The van der Waals surface area contributed by atoms with Crippen LogP contribution in [0.15, 0.2) is 59.2 Å². The summed E-state index contributed by atoms with van der Waals surface area (Å²) in [5, 5.41) is 0. The normalized spacial score (nSPS) is 10.8. The van der Waals surface area contributed by atoms with Gasteiger partial charge in [0, 0.05) is 21.9 Å². The van der Waals surface area contributed by atoms with Gasteiger partial charge < -0.3 is 9.32 Å². The summed E-state index contributed by atoms with van der Waals surface area (Å²) in [6.07, 6.45) is 2.41. The minimum absolute atomic E-state index is 0.0421. The van der Waals surface area contributed by atoms with E-state index in [0.29, 0.717) is 18.8 Å². The van der Waals surface area contributed by atoms with E-state index in [1.165, 1.54) is 15.3 Å². The van der Waals surface area contributed by atoms with Crippen LogP contribution in [0.3, 0.4) is 0 Å². The Morgan fingerprint density at radius 3 is 2.50 bits per heavy atom. The highest BCUT2D eigenvalue weighted by Crippen LogP contribution is 2.20. The third kappa shape index (κ3) is 3.95. The molecule has 0 saturated heterocycles. The van der Waals surface area contributed by atoms with Gasteiger partial charge in [-0.15, -0.1) is 11.3 Å². The van der Waals surface area contributed by atoms with Crippen LogP contribution in [-0.4, -0.2) is 17.4 Å². The van der Waals surface area contributed by atoms with Crippen LogP contribution in [0.1, 0.15) is 31.4 Å². The zero-order valence-electron chi connectivity index (χ0n) is 14.0. The highest BCUT2D eigenvalue weighted by molar-refractivity contribution is 7.11. The van der Waals surface area contributed by atoms with Gasteiger partial charge in [-0.1, -0.05) is 30.3 Å². The molecule has 0 fully saturated rings. The Morgan fingerprint density at radius 2 is 1.88 bits per heavy atom. The molecule has 0 unspecified atom stereocenters. The first kappa shape index (κ1) is 16.5. The summed E-state index contributed by atoms with van der Waals surface area (Å²) in [7, 11) is 0. The summed E-state index contributed by atoms with van der Waals surface area (Å²) in [6, 6.07) is 16.3. The molecule has 3 nitrogen and oxygen atoms in total. The molecule has 0 saturated carbocycles. The maximum atomic E-state index is 12.9. The van der Waals surface area contributed by atoms with Crippen LogP contribution in [0.25, 0.3) is 0 Å². The molecule has 2 aromatic heterocycles. The molecule has 0 radical (unpaired) electrons. The Morgan fingerprint density at radius 1 is 1.08 bits per heavy atom. The minimum atomic E-state index is -0.0421. The van der Waals surface area contributed by atoms with Crippen molar-refractivity contribution in [3.8, 4) is 0 Å². The van der Waals surface area contributed by atoms with Crippen LogP contribution in [0.2, 0.25) is 0 Å². The number of carbonyl (C=O) groups is 1. The van der Waals surface area contributed by atoms with Gasteiger partial charge in [-0.25, -0.2) is 0 Å². The smallest absolute Gasteiger partial charge is 0.290 e. The third-order valence-corrected chi connectivity index (χ3v) is 4.98. The molecular weight excluding hydrogens is 318 g/mol. The van der Waals surface area contributed by atoms with E-state index in [1.54, 1.807) is 17.6 Å². The van der Waals surface area contributed by atoms with Crippen LogP contribution in [-0.2, 0) is 13.0 Å². The number of thiophene rings is 1. The number of furan rings is 1. The summed E-state index contributed by atoms with van der Waals surface area (Å²) in [5.41, 5.74) is 2.11. The predicted molar refractivity (Wildman–Crippen MR) is 97.4 cm³/mol. The van der Waals surface area contributed by atoms with Crippen molar-refractivity contribution >= 4 is 17.2 Å². The highest BCUT2D eigenvalue weighted by Gasteiger charge is 2.21. The number of amides is 1. The molecule has 0 atom stereocenters. The van der Waals surface area contributed by atoms with E-state index in [2.05, 4.69) is 31.2 Å². The van der Waals surface area contributed by atoms with Gasteiger partial charge in [0.2, 0.25) is 0 Å². The number of aryl methyl sites for hydroxylation is 2. The first-order valence-corrected chi connectivity index (χ1v) is 8.88. The van der Waals surface area contributed by atoms with Crippen LogP contribution in [0.5, 0.6) is 0 Å². The van der Waals surface area contributed by atoms with Gasteiger partial charge in [-0.3, -0.25) is 4.79 Å².